The van der Waals surface area contributed by atoms with Crippen LogP contribution in [0.25, 0.3) is 0 Å². The number of rotatable bonds is 7. The van der Waals surface area contributed by atoms with Gasteiger partial charge in [-0.25, -0.2) is 13.7 Å². The number of alkyl halides is 3. The summed E-state index contributed by atoms with van der Waals surface area (Å²) in [6.45, 7) is 3.31. The van der Waals surface area contributed by atoms with Crippen LogP contribution in [-0.4, -0.2) is 31.3 Å². The van der Waals surface area contributed by atoms with Gasteiger partial charge in [-0.2, -0.15) is 13.2 Å². The Morgan fingerprint density at radius 2 is 1.83 bits per heavy atom. The van der Waals surface area contributed by atoms with Gasteiger partial charge in [-0.3, -0.25) is 9.45 Å². The second-order valence-electron chi connectivity index (χ2n) is 8.41. The molecule has 2 heterocycles. The normalized spacial score (nSPS) is 16.0. The van der Waals surface area contributed by atoms with Crippen LogP contribution in [0.5, 0.6) is 0 Å². The van der Waals surface area contributed by atoms with Crippen molar-refractivity contribution in [3.8, 4) is 0 Å². The fraction of sp³-hybridized carbons (Fsp3) is 0.292. The summed E-state index contributed by atoms with van der Waals surface area (Å²) in [4.78, 5) is 15.6. The predicted octanol–water partition coefficient (Wildman–Crippen LogP) is 5.15. The van der Waals surface area contributed by atoms with E-state index in [9.17, 15) is 31.8 Å². The average molecular weight is 525 g/mol. The van der Waals surface area contributed by atoms with E-state index in [4.69, 9.17) is 0 Å². The molecule has 3 N–H and O–H groups in total. The smallest absolute Gasteiger partial charge is 0.416 e. The van der Waals surface area contributed by atoms with Gasteiger partial charge in [-0.1, -0.05) is 42.0 Å². The minimum Gasteiger partial charge on any atom is -0.478 e. The molecular weight excluding hydrogens is 501 g/mol. The molecule has 2 aromatic carbocycles. The van der Waals surface area contributed by atoms with Gasteiger partial charge in [0.05, 0.1) is 17.2 Å². The summed E-state index contributed by atoms with van der Waals surface area (Å²) >= 11 is -1.10. The van der Waals surface area contributed by atoms with Crippen LogP contribution >= 0.6 is 11.3 Å². The third-order valence-electron chi connectivity index (χ3n) is 5.96. The third kappa shape index (κ3) is 5.81. The molecule has 6 nitrogen and oxygen atoms in total. The lowest BCUT2D eigenvalue weighted by atomic mass is 9.96. The van der Waals surface area contributed by atoms with Crippen molar-refractivity contribution in [2.45, 2.75) is 38.7 Å². The van der Waals surface area contributed by atoms with Gasteiger partial charge in [-0.05, 0) is 42.2 Å². The van der Waals surface area contributed by atoms with Gasteiger partial charge in [0.2, 0.25) is 11.3 Å². The Kier molecular flexibility index (Phi) is 7.43. The lowest BCUT2D eigenvalue weighted by Gasteiger charge is -2.27. The van der Waals surface area contributed by atoms with Crippen molar-refractivity contribution in [1.29, 1.82) is 0 Å². The van der Waals surface area contributed by atoms with Crippen molar-refractivity contribution < 1.29 is 31.8 Å². The number of nitrogens with one attached hydrogen (secondary N) is 1. The summed E-state index contributed by atoms with van der Waals surface area (Å²) in [6.07, 6.45) is -3.93. The Morgan fingerprint density at radius 1 is 1.17 bits per heavy atom. The Balaban J connectivity index is 1.63. The molecule has 1 aliphatic rings. The summed E-state index contributed by atoms with van der Waals surface area (Å²) in [5, 5.41) is 10.0. The summed E-state index contributed by atoms with van der Waals surface area (Å²) in [5.41, 5.74) is 2.53. The second kappa shape index (κ2) is 10.2. The van der Waals surface area contributed by atoms with E-state index in [0.717, 1.165) is 28.1 Å². The molecule has 2 atom stereocenters. The quantitative estimate of drug-likeness (QED) is 0.372. The first kappa shape index (κ1) is 25.5. The standard InChI is InChI=1S/C24H23F3N2O4S2/c1-14-2-6-16(7-3-14)21(28-35(32)33)22-20(23(30)31)18-10-11-29(13-19(18)34-22)12-15-4-8-17(9-5-15)24(25,26)27/h2-9,21,28H,10-13H2,1H3,(H,30,31)(H,32,33). The summed E-state index contributed by atoms with van der Waals surface area (Å²) in [6, 6.07) is 11.5. The Hall–Kier alpha value is -2.57. The van der Waals surface area contributed by atoms with Crippen molar-refractivity contribution >= 4 is 28.6 Å². The Bertz CT molecular complexity index is 1240. The molecule has 0 saturated heterocycles. The minimum atomic E-state index is -4.39. The molecule has 1 aromatic heterocycles. The summed E-state index contributed by atoms with van der Waals surface area (Å²) in [5.74, 6) is -1.10. The highest BCUT2D eigenvalue weighted by Gasteiger charge is 2.33. The number of thiophene rings is 1. The van der Waals surface area contributed by atoms with Crippen LogP contribution in [0.4, 0.5) is 13.2 Å². The van der Waals surface area contributed by atoms with E-state index in [1.807, 2.05) is 19.1 Å². The van der Waals surface area contributed by atoms with Crippen molar-refractivity contribution in [1.82, 2.24) is 9.62 Å². The lowest BCUT2D eigenvalue weighted by Crippen LogP contribution is -2.30. The van der Waals surface area contributed by atoms with E-state index in [0.29, 0.717) is 42.1 Å². The number of aryl methyl sites for hydroxylation is 1. The number of carboxylic acid groups (broad SMARTS) is 1. The van der Waals surface area contributed by atoms with Crippen molar-refractivity contribution in [2.75, 3.05) is 6.54 Å². The van der Waals surface area contributed by atoms with E-state index in [1.54, 1.807) is 12.1 Å². The van der Waals surface area contributed by atoms with Crippen LogP contribution in [0.2, 0.25) is 0 Å². The molecule has 3 aromatic rings. The number of halogens is 3. The first-order valence-corrected chi connectivity index (χ1v) is 12.6. The monoisotopic (exact) mass is 524 g/mol. The van der Waals surface area contributed by atoms with Gasteiger partial charge >= 0.3 is 12.1 Å². The molecule has 186 valence electrons. The zero-order valence-corrected chi connectivity index (χ0v) is 20.3. The van der Waals surface area contributed by atoms with Gasteiger partial charge in [0, 0.05) is 29.4 Å². The lowest BCUT2D eigenvalue weighted by molar-refractivity contribution is -0.137. The van der Waals surface area contributed by atoms with Gasteiger partial charge < -0.3 is 5.11 Å². The molecule has 0 aliphatic carbocycles. The van der Waals surface area contributed by atoms with Crippen molar-refractivity contribution in [3.63, 3.8) is 0 Å². The van der Waals surface area contributed by atoms with Crippen molar-refractivity contribution in [2.24, 2.45) is 0 Å². The topological polar surface area (TPSA) is 89.9 Å². The second-order valence-corrected chi connectivity index (χ2v) is 10.3. The summed E-state index contributed by atoms with van der Waals surface area (Å²) in [7, 11) is 0. The van der Waals surface area contributed by atoms with Crippen LogP contribution in [0.15, 0.2) is 48.5 Å². The molecule has 0 fully saturated rings. The van der Waals surface area contributed by atoms with Crippen LogP contribution in [0, 0.1) is 6.92 Å². The highest BCUT2D eigenvalue weighted by atomic mass is 32.2. The molecular formula is C24H23F3N2O4S2. The Labute approximate surface area is 206 Å². The first-order valence-electron chi connectivity index (χ1n) is 10.7. The average Bonchev–Trinajstić information content (AvgIpc) is 3.16. The molecule has 1 aliphatic heterocycles. The number of hydrogen-bond acceptors (Lipinski definition) is 4. The molecule has 2 unspecified atom stereocenters. The molecule has 0 saturated carbocycles. The predicted molar refractivity (Wildman–Crippen MR) is 127 cm³/mol. The zero-order chi connectivity index (χ0) is 25.3. The number of hydrogen-bond donors (Lipinski definition) is 3. The van der Waals surface area contributed by atoms with E-state index in [-0.39, 0.29) is 5.56 Å². The zero-order valence-electron chi connectivity index (χ0n) is 18.6. The minimum absolute atomic E-state index is 0.141. The van der Waals surface area contributed by atoms with E-state index < -0.39 is 35.0 Å². The van der Waals surface area contributed by atoms with E-state index in [1.165, 1.54) is 23.5 Å². The van der Waals surface area contributed by atoms with Gasteiger partial charge in [-0.15, -0.1) is 11.3 Å². The van der Waals surface area contributed by atoms with Gasteiger partial charge in [0.15, 0.2) is 0 Å². The number of carboxylic acids is 1. The summed E-state index contributed by atoms with van der Waals surface area (Å²) < 4.78 is 62.3. The first-order chi connectivity index (χ1) is 16.5. The molecule has 11 heteroatoms. The van der Waals surface area contributed by atoms with Gasteiger partial charge in [0.25, 0.3) is 0 Å². The highest BCUT2D eigenvalue weighted by molar-refractivity contribution is 7.77. The molecule has 0 radical (unpaired) electrons. The number of fused-ring (bicyclic) bond motifs is 1. The van der Waals surface area contributed by atoms with Crippen LogP contribution in [0.1, 0.15) is 54.0 Å². The largest absolute Gasteiger partial charge is 0.478 e. The molecule has 0 spiro atoms. The maximum Gasteiger partial charge on any atom is 0.416 e. The molecule has 4 rings (SSSR count). The van der Waals surface area contributed by atoms with Crippen LogP contribution in [-0.2, 0) is 37.0 Å². The van der Waals surface area contributed by atoms with Crippen LogP contribution < -0.4 is 4.72 Å². The van der Waals surface area contributed by atoms with Crippen LogP contribution in [0.3, 0.4) is 0 Å². The Morgan fingerprint density at radius 3 is 2.40 bits per heavy atom. The fourth-order valence-electron chi connectivity index (χ4n) is 4.24. The van der Waals surface area contributed by atoms with Crippen molar-refractivity contribution in [3.05, 3.63) is 91.7 Å². The molecule has 0 bridgehead atoms. The SMILES string of the molecule is Cc1ccc(C(NS(=O)O)c2sc3c(c2C(=O)O)CCN(Cc2ccc(C(F)(F)F)cc2)C3)cc1. The number of aromatic carboxylic acids is 1. The number of carbonyl (C=O) groups is 1. The fourth-order valence-corrected chi connectivity index (χ4v) is 6.24. The molecule has 35 heavy (non-hydrogen) atoms. The maximum atomic E-state index is 12.8. The highest BCUT2D eigenvalue weighted by Crippen LogP contribution is 2.39. The maximum absolute atomic E-state index is 12.8. The molecule has 0 amide bonds. The number of nitrogens with zero attached hydrogens (tertiary/aromatic N) is 1. The van der Waals surface area contributed by atoms with E-state index >= 15 is 0 Å². The van der Waals surface area contributed by atoms with Gasteiger partial charge in [0.1, 0.15) is 0 Å². The number of benzene rings is 2. The van der Waals surface area contributed by atoms with E-state index in [2.05, 4.69) is 9.62 Å². The third-order valence-corrected chi connectivity index (χ3v) is 7.67.